The summed E-state index contributed by atoms with van der Waals surface area (Å²) in [6.45, 7) is 4.66. The number of hydrogen-bond donors (Lipinski definition) is 2. The fourth-order valence-electron chi connectivity index (χ4n) is 5.10. The number of ether oxygens (including phenoxy) is 2. The van der Waals surface area contributed by atoms with Gasteiger partial charge in [-0.3, -0.25) is 4.79 Å². The lowest BCUT2D eigenvalue weighted by molar-refractivity contribution is -0.148. The first-order valence-electron chi connectivity index (χ1n) is 15.6. The summed E-state index contributed by atoms with van der Waals surface area (Å²) in [5.74, 6) is 0.530. The zero-order valence-electron chi connectivity index (χ0n) is 26.9. The average Bonchev–Trinajstić information content (AvgIpc) is 3.82. The van der Waals surface area contributed by atoms with E-state index in [9.17, 15) is 20.1 Å². The van der Waals surface area contributed by atoms with Gasteiger partial charge in [0.25, 0.3) is 0 Å². The Kier molecular flexibility index (Phi) is 12.1. The summed E-state index contributed by atoms with van der Waals surface area (Å²) in [6, 6.07) is 17.7. The monoisotopic (exact) mass is 715 g/mol. The number of anilines is 1. The van der Waals surface area contributed by atoms with Crippen molar-refractivity contribution in [3.8, 4) is 39.6 Å². The fraction of sp³-hybridized carbons (Fsp3) is 0.314. The van der Waals surface area contributed by atoms with Gasteiger partial charge in [-0.05, 0) is 56.5 Å². The van der Waals surface area contributed by atoms with Gasteiger partial charge < -0.3 is 25.4 Å². The van der Waals surface area contributed by atoms with Gasteiger partial charge in [0.1, 0.15) is 58.6 Å². The van der Waals surface area contributed by atoms with E-state index in [4.69, 9.17) is 36.8 Å². The third kappa shape index (κ3) is 8.88. The molecule has 3 heterocycles. The number of benzene rings is 2. The molecule has 5 rings (SSSR count). The summed E-state index contributed by atoms with van der Waals surface area (Å²) in [5.41, 5.74) is 9.23. The summed E-state index contributed by atoms with van der Waals surface area (Å²) < 4.78 is 11.0. The van der Waals surface area contributed by atoms with Gasteiger partial charge in [0.15, 0.2) is 0 Å². The molecule has 0 radical (unpaired) electrons. The minimum absolute atomic E-state index is 0.0273. The van der Waals surface area contributed by atoms with Crippen LogP contribution in [0.4, 0.5) is 5.82 Å². The topological polar surface area (TPSA) is 167 Å². The van der Waals surface area contributed by atoms with Crippen LogP contribution in [0, 0.1) is 22.7 Å². The Morgan fingerprint density at radius 3 is 2.35 bits per heavy atom. The molecule has 0 bridgehead atoms. The highest BCUT2D eigenvalue weighted by Crippen LogP contribution is 2.40. The fourth-order valence-corrected chi connectivity index (χ4v) is 7.03. The van der Waals surface area contributed by atoms with E-state index >= 15 is 0 Å². The lowest BCUT2D eigenvalue weighted by atomic mass is 9.96. The SMILES string of the molecule is CC(N)C(=O)NC(C)C(=O)OCCOc1ccc(-c2c(C#N)c(SCc3csc(-c4ccc(Cl)cc4)n3)nc(N3CCCC3)c2C#N)cc1. The van der Waals surface area contributed by atoms with E-state index in [0.717, 1.165) is 42.2 Å². The van der Waals surface area contributed by atoms with Crippen LogP contribution in [0.3, 0.4) is 0 Å². The van der Waals surface area contributed by atoms with Crippen molar-refractivity contribution in [2.75, 3.05) is 31.2 Å². The molecule has 2 aromatic carbocycles. The highest BCUT2D eigenvalue weighted by Gasteiger charge is 2.26. The number of esters is 1. The number of thioether (sulfide) groups is 1. The minimum atomic E-state index is -0.844. The number of carbonyl (C=O) groups is 2. The number of nitriles is 2. The molecule has 2 atom stereocenters. The molecule has 4 aromatic rings. The van der Waals surface area contributed by atoms with Crippen LogP contribution < -0.4 is 20.7 Å². The van der Waals surface area contributed by atoms with Gasteiger partial charge >= 0.3 is 5.97 Å². The summed E-state index contributed by atoms with van der Waals surface area (Å²) in [4.78, 5) is 35.7. The number of aromatic nitrogens is 2. The maximum atomic E-state index is 12.2. The van der Waals surface area contributed by atoms with Gasteiger partial charge in [0.05, 0.1) is 17.3 Å². The number of amides is 1. The molecule has 49 heavy (non-hydrogen) atoms. The lowest BCUT2D eigenvalue weighted by Crippen LogP contribution is -2.46. The summed E-state index contributed by atoms with van der Waals surface area (Å²) in [7, 11) is 0. The molecule has 0 saturated carbocycles. The highest BCUT2D eigenvalue weighted by atomic mass is 35.5. The average molecular weight is 716 g/mol. The van der Waals surface area contributed by atoms with Gasteiger partial charge in [-0.25, -0.2) is 14.8 Å². The van der Waals surface area contributed by atoms with E-state index in [1.54, 1.807) is 24.3 Å². The zero-order chi connectivity index (χ0) is 34.9. The smallest absolute Gasteiger partial charge is 0.328 e. The van der Waals surface area contributed by atoms with Gasteiger partial charge in [0.2, 0.25) is 5.91 Å². The van der Waals surface area contributed by atoms with Crippen LogP contribution in [0.2, 0.25) is 5.02 Å². The van der Waals surface area contributed by atoms with Crippen LogP contribution in [0.5, 0.6) is 5.75 Å². The van der Waals surface area contributed by atoms with Crippen molar-refractivity contribution in [1.29, 1.82) is 10.5 Å². The van der Waals surface area contributed by atoms with Gasteiger partial charge in [-0.1, -0.05) is 47.6 Å². The molecule has 2 unspecified atom stereocenters. The van der Waals surface area contributed by atoms with Gasteiger partial charge in [-0.15, -0.1) is 11.3 Å². The second-order valence-electron chi connectivity index (χ2n) is 11.3. The molecule has 1 saturated heterocycles. The number of nitrogens with two attached hydrogens (primary N) is 1. The number of halogens is 1. The number of nitrogens with zero attached hydrogens (tertiary/aromatic N) is 5. The Bertz CT molecular complexity index is 1880. The summed E-state index contributed by atoms with van der Waals surface area (Å²) in [6.07, 6.45) is 2.00. The first kappa shape index (κ1) is 35.6. The predicted octanol–water partition coefficient (Wildman–Crippen LogP) is 5.94. The normalized spacial score (nSPS) is 13.6. The molecule has 1 amide bonds. The molecule has 0 spiro atoms. The second kappa shape index (κ2) is 16.6. The van der Waals surface area contributed by atoms with E-state index in [1.165, 1.54) is 36.9 Å². The Balaban J connectivity index is 1.33. The van der Waals surface area contributed by atoms with Gasteiger partial charge in [-0.2, -0.15) is 10.5 Å². The largest absolute Gasteiger partial charge is 0.490 e. The van der Waals surface area contributed by atoms with Crippen LogP contribution in [0.15, 0.2) is 58.9 Å². The number of nitrogens with one attached hydrogen (secondary N) is 1. The molecule has 14 heteroatoms. The number of thiazole rings is 1. The highest BCUT2D eigenvalue weighted by molar-refractivity contribution is 7.98. The maximum Gasteiger partial charge on any atom is 0.328 e. The minimum Gasteiger partial charge on any atom is -0.490 e. The van der Waals surface area contributed by atoms with Crippen molar-refractivity contribution in [3.63, 3.8) is 0 Å². The molecule has 3 N–H and O–H groups in total. The summed E-state index contributed by atoms with van der Waals surface area (Å²) in [5, 5.41) is 27.4. The summed E-state index contributed by atoms with van der Waals surface area (Å²) >= 11 is 9.00. The van der Waals surface area contributed by atoms with Gasteiger partial charge in [0, 0.05) is 40.4 Å². The molecule has 1 aliphatic heterocycles. The number of hydrogen-bond acceptors (Lipinski definition) is 12. The Labute approximate surface area is 298 Å². The van der Waals surface area contributed by atoms with Crippen molar-refractivity contribution >= 4 is 52.4 Å². The molecule has 0 aliphatic carbocycles. The maximum absolute atomic E-state index is 12.2. The molecule has 2 aromatic heterocycles. The van der Waals surface area contributed by atoms with E-state index in [-0.39, 0.29) is 13.2 Å². The van der Waals surface area contributed by atoms with Crippen molar-refractivity contribution in [1.82, 2.24) is 15.3 Å². The molecule has 1 aliphatic rings. The Morgan fingerprint density at radius 1 is 1.02 bits per heavy atom. The zero-order valence-corrected chi connectivity index (χ0v) is 29.3. The molecule has 11 nitrogen and oxygen atoms in total. The molecular formula is C35H34ClN7O4S2. The van der Waals surface area contributed by atoms with E-state index in [0.29, 0.717) is 49.6 Å². The van der Waals surface area contributed by atoms with E-state index in [2.05, 4.69) is 22.4 Å². The number of carbonyl (C=O) groups excluding carboxylic acids is 2. The third-order valence-corrected chi connectivity index (χ3v) is 9.84. The van der Waals surface area contributed by atoms with Crippen molar-refractivity contribution in [2.45, 2.75) is 49.6 Å². The van der Waals surface area contributed by atoms with Crippen molar-refractivity contribution in [2.24, 2.45) is 5.73 Å². The van der Waals surface area contributed by atoms with Crippen molar-refractivity contribution in [3.05, 3.63) is 75.8 Å². The predicted molar refractivity (Wildman–Crippen MR) is 190 cm³/mol. The lowest BCUT2D eigenvalue weighted by Gasteiger charge is -2.22. The van der Waals surface area contributed by atoms with E-state index in [1.807, 2.05) is 29.6 Å². The van der Waals surface area contributed by atoms with Crippen molar-refractivity contribution < 1.29 is 19.1 Å². The second-order valence-corrected chi connectivity index (χ2v) is 13.5. The molecular weight excluding hydrogens is 682 g/mol. The molecule has 1 fully saturated rings. The first-order chi connectivity index (χ1) is 23.7. The van der Waals surface area contributed by atoms with Crippen LogP contribution in [0.25, 0.3) is 21.7 Å². The number of pyridine rings is 1. The quantitative estimate of drug-likeness (QED) is 0.0956. The third-order valence-electron chi connectivity index (χ3n) is 7.64. The van der Waals surface area contributed by atoms with Crippen LogP contribution in [0.1, 0.15) is 43.5 Å². The molecule has 252 valence electrons. The van der Waals surface area contributed by atoms with Crippen LogP contribution >= 0.6 is 34.7 Å². The Hall–Kier alpha value is -4.66. The van der Waals surface area contributed by atoms with E-state index < -0.39 is 24.0 Å². The van der Waals surface area contributed by atoms with Crippen LogP contribution in [-0.2, 0) is 20.1 Å². The number of rotatable bonds is 13. The Morgan fingerprint density at radius 2 is 1.69 bits per heavy atom. The standard InChI is InChI=1S/C35H34ClN7O4S2/c1-21(39)32(44)40-22(2)35(45)47-16-15-46-27-11-7-23(8-12-27)30-28(17-37)31(43-13-3-4-14-43)42-34(29(30)18-38)49-20-26-19-48-33(41-26)24-5-9-25(36)10-6-24/h5-12,19,21-22H,3-4,13-16,20,39H2,1-2H3,(H,40,44). The van der Waals surface area contributed by atoms with Crippen LogP contribution in [-0.4, -0.2) is 60.2 Å². The first-order valence-corrected chi connectivity index (χ1v) is 17.8.